The van der Waals surface area contributed by atoms with Crippen LogP contribution in [0.5, 0.6) is 5.75 Å². The average Bonchev–Trinajstić information content (AvgIpc) is 2.95. The van der Waals surface area contributed by atoms with Gasteiger partial charge in [-0.15, -0.1) is 0 Å². The van der Waals surface area contributed by atoms with E-state index < -0.39 is 18.7 Å². The van der Waals surface area contributed by atoms with Crippen LogP contribution in [0.15, 0.2) is 48.5 Å². The number of hydrogen-bond acceptors (Lipinski definition) is 3. The van der Waals surface area contributed by atoms with Crippen molar-refractivity contribution in [2.45, 2.75) is 19.6 Å². The minimum Gasteiger partial charge on any atom is -0.484 e. The molecule has 2 aromatic carbocycles. The van der Waals surface area contributed by atoms with Gasteiger partial charge >= 0.3 is 6.18 Å². The molecule has 0 atom stereocenters. The van der Waals surface area contributed by atoms with Gasteiger partial charge in [0.05, 0.1) is 17.8 Å². The fourth-order valence-electron chi connectivity index (χ4n) is 2.67. The van der Waals surface area contributed by atoms with Crippen molar-refractivity contribution in [1.82, 2.24) is 9.78 Å². The Hall–Kier alpha value is -3.07. The maximum absolute atomic E-state index is 13.0. The fraction of sp³-hybridized carbons (Fsp3) is 0.200. The summed E-state index contributed by atoms with van der Waals surface area (Å²) in [7, 11) is 0. The number of benzene rings is 2. The number of nitrogens with zero attached hydrogens (tertiary/aromatic N) is 2. The molecule has 158 valence electrons. The fourth-order valence-corrected chi connectivity index (χ4v) is 2.99. The van der Waals surface area contributed by atoms with E-state index in [1.54, 1.807) is 19.1 Å². The molecule has 0 radical (unpaired) electrons. The Kier molecular flexibility index (Phi) is 6.31. The van der Waals surface area contributed by atoms with Gasteiger partial charge in [-0.25, -0.2) is 9.07 Å². The molecule has 1 aromatic heterocycles. The standard InChI is InChI=1S/C20H16ClF4N3O2/c1-12-17(18(21)28(27-12)10-13-2-4-14(22)5-3-13)19(29)26-15-6-8-16(9-7-15)30-11-20(23,24)25/h2-9H,10-11H2,1H3,(H,26,29). The van der Waals surface area contributed by atoms with Crippen molar-refractivity contribution in [3.05, 3.63) is 76.3 Å². The number of carbonyl (C=O) groups is 1. The van der Waals surface area contributed by atoms with Crippen molar-refractivity contribution in [3.8, 4) is 5.75 Å². The van der Waals surface area contributed by atoms with Gasteiger partial charge in [-0.2, -0.15) is 18.3 Å². The lowest BCUT2D eigenvalue weighted by Gasteiger charge is -2.10. The van der Waals surface area contributed by atoms with E-state index in [-0.39, 0.29) is 28.8 Å². The molecule has 1 heterocycles. The highest BCUT2D eigenvalue weighted by atomic mass is 35.5. The number of hydrogen-bond donors (Lipinski definition) is 1. The zero-order chi connectivity index (χ0) is 21.9. The van der Waals surface area contributed by atoms with Crippen LogP contribution >= 0.6 is 11.6 Å². The normalized spacial score (nSPS) is 11.4. The van der Waals surface area contributed by atoms with Gasteiger partial charge in [-0.1, -0.05) is 23.7 Å². The maximum atomic E-state index is 13.0. The molecule has 1 N–H and O–H groups in total. The predicted molar refractivity (Wildman–Crippen MR) is 103 cm³/mol. The highest BCUT2D eigenvalue weighted by Crippen LogP contribution is 2.24. The summed E-state index contributed by atoms with van der Waals surface area (Å²) in [6.45, 7) is 0.468. The van der Waals surface area contributed by atoms with Crippen molar-refractivity contribution in [1.29, 1.82) is 0 Å². The Bertz CT molecular complexity index is 1030. The molecule has 0 aliphatic heterocycles. The van der Waals surface area contributed by atoms with Gasteiger partial charge in [-0.05, 0) is 48.9 Å². The van der Waals surface area contributed by atoms with Gasteiger partial charge in [0, 0.05) is 5.69 Å². The average molecular weight is 442 g/mol. The Morgan fingerprint density at radius 1 is 1.13 bits per heavy atom. The number of ether oxygens (including phenoxy) is 1. The van der Waals surface area contributed by atoms with E-state index in [0.717, 1.165) is 5.56 Å². The summed E-state index contributed by atoms with van der Waals surface area (Å²) in [5.74, 6) is -0.866. The van der Waals surface area contributed by atoms with Crippen LogP contribution in [0.2, 0.25) is 5.15 Å². The molecule has 5 nitrogen and oxygen atoms in total. The van der Waals surface area contributed by atoms with Gasteiger partial charge in [0.2, 0.25) is 0 Å². The van der Waals surface area contributed by atoms with E-state index in [9.17, 15) is 22.4 Å². The van der Waals surface area contributed by atoms with E-state index in [1.165, 1.54) is 41.1 Å². The Labute approximate surface area is 174 Å². The van der Waals surface area contributed by atoms with Crippen molar-refractivity contribution in [2.75, 3.05) is 11.9 Å². The molecule has 3 aromatic rings. The quantitative estimate of drug-likeness (QED) is 0.533. The molecule has 0 saturated carbocycles. The number of aromatic nitrogens is 2. The summed E-state index contributed by atoms with van der Waals surface area (Å²) in [6, 6.07) is 11.3. The van der Waals surface area contributed by atoms with E-state index in [0.29, 0.717) is 11.4 Å². The monoisotopic (exact) mass is 441 g/mol. The molecule has 30 heavy (non-hydrogen) atoms. The molecule has 0 fully saturated rings. The van der Waals surface area contributed by atoms with Gasteiger partial charge in [0.25, 0.3) is 5.91 Å². The van der Waals surface area contributed by atoms with Crippen molar-refractivity contribution >= 4 is 23.2 Å². The first-order valence-electron chi connectivity index (χ1n) is 8.71. The minimum atomic E-state index is -4.44. The lowest BCUT2D eigenvalue weighted by Crippen LogP contribution is -2.19. The van der Waals surface area contributed by atoms with Crippen molar-refractivity contribution in [2.24, 2.45) is 0 Å². The summed E-state index contributed by atoms with van der Waals surface area (Å²) < 4.78 is 55.7. The predicted octanol–water partition coefficient (Wildman–Crippen LogP) is 5.23. The Morgan fingerprint density at radius 2 is 1.77 bits per heavy atom. The molecule has 0 bridgehead atoms. The zero-order valence-electron chi connectivity index (χ0n) is 15.6. The maximum Gasteiger partial charge on any atom is 0.422 e. The van der Waals surface area contributed by atoms with E-state index in [2.05, 4.69) is 15.2 Å². The summed E-state index contributed by atoms with van der Waals surface area (Å²) in [4.78, 5) is 12.6. The van der Waals surface area contributed by atoms with E-state index in [1.807, 2.05) is 0 Å². The number of anilines is 1. The number of nitrogens with one attached hydrogen (secondary N) is 1. The number of halogens is 5. The Morgan fingerprint density at radius 3 is 2.37 bits per heavy atom. The second kappa shape index (κ2) is 8.74. The number of amides is 1. The van der Waals surface area contributed by atoms with Crippen molar-refractivity contribution < 1.29 is 27.1 Å². The molecular weight excluding hydrogens is 426 g/mol. The molecule has 10 heteroatoms. The molecule has 0 unspecified atom stereocenters. The minimum absolute atomic E-state index is 0.0201. The van der Waals surface area contributed by atoms with Crippen LogP contribution in [0.25, 0.3) is 0 Å². The van der Waals surface area contributed by atoms with Gasteiger partial charge < -0.3 is 10.1 Å². The molecule has 0 saturated heterocycles. The number of alkyl halides is 3. The van der Waals surface area contributed by atoms with Crippen LogP contribution in [0, 0.1) is 12.7 Å². The van der Waals surface area contributed by atoms with Gasteiger partial charge in [0.1, 0.15) is 16.7 Å². The van der Waals surface area contributed by atoms with Crippen LogP contribution in [-0.4, -0.2) is 28.5 Å². The van der Waals surface area contributed by atoms with E-state index in [4.69, 9.17) is 11.6 Å². The summed E-state index contributed by atoms with van der Waals surface area (Å²) in [5.41, 5.74) is 1.66. The summed E-state index contributed by atoms with van der Waals surface area (Å²) >= 11 is 6.32. The van der Waals surface area contributed by atoms with Crippen LogP contribution < -0.4 is 10.1 Å². The molecule has 1 amide bonds. The molecule has 0 spiro atoms. The zero-order valence-corrected chi connectivity index (χ0v) is 16.4. The summed E-state index contributed by atoms with van der Waals surface area (Å²) in [5, 5.41) is 6.99. The molecule has 0 aliphatic carbocycles. The third-order valence-electron chi connectivity index (χ3n) is 4.05. The SMILES string of the molecule is Cc1nn(Cc2ccc(F)cc2)c(Cl)c1C(=O)Nc1ccc(OCC(F)(F)F)cc1. The van der Waals surface area contributed by atoms with Gasteiger partial charge in [0.15, 0.2) is 6.61 Å². The van der Waals surface area contributed by atoms with E-state index >= 15 is 0 Å². The smallest absolute Gasteiger partial charge is 0.422 e. The number of rotatable bonds is 6. The van der Waals surface area contributed by atoms with Crippen LogP contribution in [0.1, 0.15) is 21.6 Å². The van der Waals surface area contributed by atoms with Crippen LogP contribution in [-0.2, 0) is 6.54 Å². The lowest BCUT2D eigenvalue weighted by molar-refractivity contribution is -0.153. The first-order chi connectivity index (χ1) is 14.1. The third-order valence-corrected chi connectivity index (χ3v) is 4.44. The van der Waals surface area contributed by atoms with Crippen molar-refractivity contribution in [3.63, 3.8) is 0 Å². The highest BCUT2D eigenvalue weighted by Gasteiger charge is 2.28. The lowest BCUT2D eigenvalue weighted by atomic mass is 10.2. The second-order valence-corrected chi connectivity index (χ2v) is 6.78. The number of aryl methyl sites for hydroxylation is 1. The summed E-state index contributed by atoms with van der Waals surface area (Å²) in [6.07, 6.45) is -4.44. The van der Waals surface area contributed by atoms with Crippen LogP contribution in [0.3, 0.4) is 0 Å². The largest absolute Gasteiger partial charge is 0.484 e. The first-order valence-corrected chi connectivity index (χ1v) is 9.08. The third kappa shape index (κ3) is 5.50. The first kappa shape index (κ1) is 21.6. The van der Waals surface area contributed by atoms with Crippen LogP contribution in [0.4, 0.5) is 23.2 Å². The highest BCUT2D eigenvalue weighted by molar-refractivity contribution is 6.33. The number of carbonyl (C=O) groups excluding carboxylic acids is 1. The molecule has 3 rings (SSSR count). The molecular formula is C20H16ClF4N3O2. The topological polar surface area (TPSA) is 56.2 Å². The Balaban J connectivity index is 1.69. The van der Waals surface area contributed by atoms with Gasteiger partial charge in [-0.3, -0.25) is 4.79 Å². The second-order valence-electron chi connectivity index (χ2n) is 6.42. The molecule has 0 aliphatic rings.